The fraction of sp³-hybridized carbons (Fsp3) is 0.667. The van der Waals surface area contributed by atoms with E-state index in [-0.39, 0.29) is 11.6 Å². The first kappa shape index (κ1) is 14.1. The maximum absolute atomic E-state index is 12.3. The highest BCUT2D eigenvalue weighted by atomic mass is 16.4. The zero-order valence-electron chi connectivity index (χ0n) is 12.0. The van der Waals surface area contributed by atoms with E-state index in [0.717, 1.165) is 32.1 Å². The van der Waals surface area contributed by atoms with Crippen molar-refractivity contribution in [2.24, 2.45) is 5.92 Å². The number of rotatable bonds is 5. The van der Waals surface area contributed by atoms with Crippen molar-refractivity contribution in [3.63, 3.8) is 0 Å². The highest BCUT2D eigenvalue weighted by Gasteiger charge is 2.43. The number of carbonyl (C=O) groups excluding carboxylic acids is 1. The molecule has 0 atom stereocenters. The predicted octanol–water partition coefficient (Wildman–Crippen LogP) is 2.18. The van der Waals surface area contributed by atoms with Crippen LogP contribution >= 0.6 is 0 Å². The van der Waals surface area contributed by atoms with Crippen molar-refractivity contribution in [1.29, 1.82) is 0 Å². The van der Waals surface area contributed by atoms with Gasteiger partial charge in [-0.05, 0) is 38.0 Å². The van der Waals surface area contributed by atoms with Crippen molar-refractivity contribution in [3.8, 4) is 0 Å². The minimum atomic E-state index is -1.03. The smallest absolute Gasteiger partial charge is 0.353 e. The van der Waals surface area contributed by atoms with Gasteiger partial charge in [0, 0.05) is 6.42 Å². The molecule has 0 saturated heterocycles. The molecule has 1 heterocycles. The van der Waals surface area contributed by atoms with Crippen LogP contribution in [0.3, 0.4) is 0 Å². The van der Waals surface area contributed by atoms with Crippen LogP contribution in [0, 0.1) is 5.92 Å². The molecule has 2 aliphatic rings. The lowest BCUT2D eigenvalue weighted by atomic mass is 9.76. The van der Waals surface area contributed by atoms with Crippen LogP contribution < -0.4 is 5.32 Å². The van der Waals surface area contributed by atoms with E-state index in [9.17, 15) is 9.59 Å². The van der Waals surface area contributed by atoms with E-state index < -0.39 is 11.5 Å². The van der Waals surface area contributed by atoms with Crippen molar-refractivity contribution in [1.82, 2.24) is 15.3 Å². The van der Waals surface area contributed by atoms with Crippen LogP contribution in [0.4, 0.5) is 0 Å². The Balaban J connectivity index is 1.67. The second kappa shape index (κ2) is 5.50. The Labute approximate surface area is 123 Å². The lowest BCUT2D eigenvalue weighted by Gasteiger charge is -2.41. The Morgan fingerprint density at radius 2 is 2.05 bits per heavy atom. The lowest BCUT2D eigenvalue weighted by Crippen LogP contribution is -2.51. The van der Waals surface area contributed by atoms with Gasteiger partial charge in [-0.25, -0.2) is 9.78 Å². The SMILES string of the molecule is O=C(CC1CCCC1)NC1(c2ncc(C(=O)O)[nH]2)CCC1. The molecule has 1 aromatic rings. The third-order valence-electron chi connectivity index (χ3n) is 4.79. The van der Waals surface area contributed by atoms with Crippen LogP contribution in [0.15, 0.2) is 6.20 Å². The van der Waals surface area contributed by atoms with Gasteiger partial charge in [-0.3, -0.25) is 4.79 Å². The predicted molar refractivity (Wildman–Crippen MR) is 75.8 cm³/mol. The number of carboxylic acid groups (broad SMARTS) is 1. The van der Waals surface area contributed by atoms with Crippen LogP contribution in [0.2, 0.25) is 0 Å². The summed E-state index contributed by atoms with van der Waals surface area (Å²) in [5, 5.41) is 12.1. The van der Waals surface area contributed by atoms with Crippen molar-refractivity contribution in [3.05, 3.63) is 17.7 Å². The molecule has 6 heteroatoms. The normalized spacial score (nSPS) is 21.0. The van der Waals surface area contributed by atoms with E-state index in [1.807, 2.05) is 0 Å². The highest BCUT2D eigenvalue weighted by molar-refractivity contribution is 5.85. The second-order valence-electron chi connectivity index (χ2n) is 6.29. The molecule has 3 N–H and O–H groups in total. The number of nitrogens with one attached hydrogen (secondary N) is 2. The van der Waals surface area contributed by atoms with E-state index in [4.69, 9.17) is 5.11 Å². The molecule has 1 aromatic heterocycles. The average Bonchev–Trinajstić information content (AvgIpc) is 3.04. The first-order valence-corrected chi connectivity index (χ1v) is 7.69. The van der Waals surface area contributed by atoms with Crippen LogP contribution in [0.1, 0.15) is 67.7 Å². The Hall–Kier alpha value is -1.85. The van der Waals surface area contributed by atoms with Gasteiger partial charge in [0.1, 0.15) is 11.5 Å². The lowest BCUT2D eigenvalue weighted by molar-refractivity contribution is -0.125. The van der Waals surface area contributed by atoms with Crippen molar-refractivity contribution >= 4 is 11.9 Å². The van der Waals surface area contributed by atoms with Gasteiger partial charge in [0.2, 0.25) is 5.91 Å². The molecule has 0 aliphatic heterocycles. The number of aromatic carboxylic acids is 1. The van der Waals surface area contributed by atoms with Gasteiger partial charge in [0.25, 0.3) is 0 Å². The number of amides is 1. The van der Waals surface area contributed by atoms with E-state index >= 15 is 0 Å². The van der Waals surface area contributed by atoms with Crippen LogP contribution in [0.5, 0.6) is 0 Å². The quantitative estimate of drug-likeness (QED) is 0.775. The summed E-state index contributed by atoms with van der Waals surface area (Å²) in [6.45, 7) is 0. The number of aromatic nitrogens is 2. The van der Waals surface area contributed by atoms with E-state index in [2.05, 4.69) is 15.3 Å². The van der Waals surface area contributed by atoms with Gasteiger partial charge in [0.05, 0.1) is 11.7 Å². The van der Waals surface area contributed by atoms with Crippen molar-refractivity contribution < 1.29 is 14.7 Å². The molecule has 0 aromatic carbocycles. The Bertz CT molecular complexity index is 542. The first-order chi connectivity index (χ1) is 10.1. The topological polar surface area (TPSA) is 95.1 Å². The molecule has 3 rings (SSSR count). The number of H-pyrrole nitrogens is 1. The number of hydrogen-bond acceptors (Lipinski definition) is 3. The van der Waals surface area contributed by atoms with Gasteiger partial charge >= 0.3 is 5.97 Å². The Kier molecular flexibility index (Phi) is 3.69. The summed E-state index contributed by atoms with van der Waals surface area (Å²) < 4.78 is 0. The Morgan fingerprint density at radius 1 is 1.33 bits per heavy atom. The molecule has 21 heavy (non-hydrogen) atoms. The monoisotopic (exact) mass is 291 g/mol. The molecule has 2 fully saturated rings. The summed E-state index contributed by atoms with van der Waals surface area (Å²) in [5.41, 5.74) is -0.412. The maximum atomic E-state index is 12.3. The number of aromatic amines is 1. The minimum Gasteiger partial charge on any atom is -0.477 e. The molecule has 0 spiro atoms. The summed E-state index contributed by atoms with van der Waals surface area (Å²) in [6, 6.07) is 0. The summed E-state index contributed by atoms with van der Waals surface area (Å²) in [4.78, 5) is 30.2. The zero-order valence-corrected chi connectivity index (χ0v) is 12.0. The van der Waals surface area contributed by atoms with Gasteiger partial charge in [0.15, 0.2) is 0 Å². The van der Waals surface area contributed by atoms with E-state index in [1.54, 1.807) is 0 Å². The highest BCUT2D eigenvalue weighted by Crippen LogP contribution is 2.40. The molecule has 114 valence electrons. The molecule has 0 bridgehead atoms. The van der Waals surface area contributed by atoms with Gasteiger partial charge in [-0.2, -0.15) is 0 Å². The summed E-state index contributed by atoms with van der Waals surface area (Å²) in [6.07, 6.45) is 9.29. The molecule has 0 radical (unpaired) electrons. The molecular weight excluding hydrogens is 270 g/mol. The summed E-state index contributed by atoms with van der Waals surface area (Å²) in [7, 11) is 0. The standard InChI is InChI=1S/C15H21N3O3/c19-12(8-10-4-1-2-5-10)18-15(6-3-7-15)14-16-9-11(17-14)13(20)21/h9-10H,1-8H2,(H,16,17)(H,18,19)(H,20,21). The van der Waals surface area contributed by atoms with Crippen LogP contribution in [-0.2, 0) is 10.3 Å². The summed E-state index contributed by atoms with van der Waals surface area (Å²) >= 11 is 0. The van der Waals surface area contributed by atoms with Crippen molar-refractivity contribution in [2.45, 2.75) is 56.9 Å². The molecular formula is C15H21N3O3. The van der Waals surface area contributed by atoms with Crippen LogP contribution in [-0.4, -0.2) is 27.0 Å². The minimum absolute atomic E-state index is 0.0647. The fourth-order valence-corrected chi connectivity index (χ4v) is 3.42. The molecule has 0 unspecified atom stereocenters. The van der Waals surface area contributed by atoms with Gasteiger partial charge < -0.3 is 15.4 Å². The number of imidazole rings is 1. The van der Waals surface area contributed by atoms with E-state index in [0.29, 0.717) is 18.2 Å². The van der Waals surface area contributed by atoms with Gasteiger partial charge in [-0.15, -0.1) is 0 Å². The number of carboxylic acids is 1. The number of hydrogen-bond donors (Lipinski definition) is 3. The number of nitrogens with zero attached hydrogens (tertiary/aromatic N) is 1. The Morgan fingerprint density at radius 3 is 2.57 bits per heavy atom. The molecule has 1 amide bonds. The first-order valence-electron chi connectivity index (χ1n) is 7.69. The van der Waals surface area contributed by atoms with Gasteiger partial charge in [-0.1, -0.05) is 12.8 Å². The molecule has 6 nitrogen and oxygen atoms in total. The summed E-state index contributed by atoms with van der Waals surface area (Å²) in [5.74, 6) is 0.120. The number of carbonyl (C=O) groups is 2. The largest absolute Gasteiger partial charge is 0.477 e. The maximum Gasteiger partial charge on any atom is 0.353 e. The average molecular weight is 291 g/mol. The zero-order chi connectivity index (χ0) is 14.9. The second-order valence-corrected chi connectivity index (χ2v) is 6.29. The molecule has 2 aliphatic carbocycles. The van der Waals surface area contributed by atoms with Crippen molar-refractivity contribution in [2.75, 3.05) is 0 Å². The van der Waals surface area contributed by atoms with Crippen LogP contribution in [0.25, 0.3) is 0 Å². The third-order valence-corrected chi connectivity index (χ3v) is 4.79. The fourth-order valence-electron chi connectivity index (χ4n) is 3.42. The van der Waals surface area contributed by atoms with E-state index in [1.165, 1.54) is 19.0 Å². The third kappa shape index (κ3) is 2.80. The molecule has 2 saturated carbocycles.